The van der Waals surface area contributed by atoms with Gasteiger partial charge < -0.3 is 19.5 Å². The first-order valence-electron chi connectivity index (χ1n) is 8.50. The summed E-state index contributed by atoms with van der Waals surface area (Å²) in [6.45, 7) is 6.28. The Morgan fingerprint density at radius 1 is 1.14 bits per heavy atom. The Bertz CT molecular complexity index is 468. The largest absolute Gasteiger partial charge is 0.494 e. The van der Waals surface area contributed by atoms with Crippen LogP contribution in [-0.2, 0) is 0 Å². The van der Waals surface area contributed by atoms with Crippen LogP contribution in [-0.4, -0.2) is 48.5 Å². The zero-order valence-electron chi connectivity index (χ0n) is 13.5. The van der Waals surface area contributed by atoms with Crippen molar-refractivity contribution < 1.29 is 14.6 Å². The minimum absolute atomic E-state index is 0.379. The van der Waals surface area contributed by atoms with E-state index in [1.807, 2.05) is 24.3 Å². The average Bonchev–Trinajstić information content (AvgIpc) is 2.55. The number of aliphatic hydroxyl groups is 1. The molecule has 4 nitrogen and oxygen atoms in total. The summed E-state index contributed by atoms with van der Waals surface area (Å²) in [7, 11) is 0. The molecule has 4 heteroatoms. The van der Waals surface area contributed by atoms with Crippen molar-refractivity contribution in [3.8, 4) is 11.5 Å². The van der Waals surface area contributed by atoms with E-state index in [1.165, 1.54) is 0 Å². The number of hydrogen-bond acceptors (Lipinski definition) is 4. The Kier molecular flexibility index (Phi) is 4.89. The molecule has 122 valence electrons. The molecule has 1 atom stereocenters. The molecule has 0 aromatic heterocycles. The summed E-state index contributed by atoms with van der Waals surface area (Å²) < 4.78 is 11.5. The molecular formula is C18H27NO3. The molecule has 4 rings (SSSR count). The zero-order valence-corrected chi connectivity index (χ0v) is 13.5. The van der Waals surface area contributed by atoms with Gasteiger partial charge in [0.15, 0.2) is 0 Å². The van der Waals surface area contributed by atoms with E-state index in [2.05, 4.69) is 11.8 Å². The first-order valence-corrected chi connectivity index (χ1v) is 8.50. The van der Waals surface area contributed by atoms with Crippen LogP contribution in [0.15, 0.2) is 24.3 Å². The topological polar surface area (TPSA) is 41.9 Å². The maximum absolute atomic E-state index is 10.8. The van der Waals surface area contributed by atoms with Crippen LogP contribution >= 0.6 is 0 Å². The van der Waals surface area contributed by atoms with Crippen molar-refractivity contribution in [1.82, 2.24) is 4.90 Å². The SMILES string of the molecule is CCCCOc1ccc(OCC2(O)CN3CCC2CC3)cc1. The maximum Gasteiger partial charge on any atom is 0.119 e. The van der Waals surface area contributed by atoms with Crippen LogP contribution in [0.2, 0.25) is 0 Å². The summed E-state index contributed by atoms with van der Waals surface area (Å²) in [4.78, 5) is 2.34. The molecule has 1 unspecified atom stereocenters. The van der Waals surface area contributed by atoms with Gasteiger partial charge in [0.1, 0.15) is 23.7 Å². The van der Waals surface area contributed by atoms with Crippen molar-refractivity contribution in [1.29, 1.82) is 0 Å². The monoisotopic (exact) mass is 305 g/mol. The Labute approximate surface area is 133 Å². The third kappa shape index (κ3) is 3.55. The fourth-order valence-corrected chi connectivity index (χ4v) is 3.48. The first-order chi connectivity index (χ1) is 10.7. The number of ether oxygens (including phenoxy) is 2. The van der Waals surface area contributed by atoms with Gasteiger partial charge in [-0.3, -0.25) is 0 Å². The van der Waals surface area contributed by atoms with Gasteiger partial charge in [0.25, 0.3) is 0 Å². The molecule has 2 bridgehead atoms. The van der Waals surface area contributed by atoms with Gasteiger partial charge in [0.2, 0.25) is 0 Å². The Morgan fingerprint density at radius 3 is 2.32 bits per heavy atom. The van der Waals surface area contributed by atoms with Crippen molar-refractivity contribution in [2.45, 2.75) is 38.2 Å². The van der Waals surface area contributed by atoms with Crippen LogP contribution in [0.4, 0.5) is 0 Å². The predicted octanol–water partition coefficient (Wildman–Crippen LogP) is 2.70. The number of benzene rings is 1. The van der Waals surface area contributed by atoms with Crippen LogP contribution in [0.1, 0.15) is 32.6 Å². The van der Waals surface area contributed by atoms with Crippen molar-refractivity contribution in [2.24, 2.45) is 5.92 Å². The van der Waals surface area contributed by atoms with E-state index in [4.69, 9.17) is 9.47 Å². The van der Waals surface area contributed by atoms with Gasteiger partial charge >= 0.3 is 0 Å². The van der Waals surface area contributed by atoms with Gasteiger partial charge in [0, 0.05) is 6.54 Å². The molecule has 3 aliphatic heterocycles. The normalized spacial score (nSPS) is 30.3. The maximum atomic E-state index is 10.8. The van der Waals surface area contributed by atoms with Crippen molar-refractivity contribution >= 4 is 0 Å². The second kappa shape index (κ2) is 6.88. The molecular weight excluding hydrogens is 278 g/mol. The summed E-state index contributed by atoms with van der Waals surface area (Å²) in [6, 6.07) is 7.72. The molecule has 22 heavy (non-hydrogen) atoms. The molecule has 0 amide bonds. The lowest BCUT2D eigenvalue weighted by Crippen LogP contribution is -2.61. The number of nitrogens with zero attached hydrogens (tertiary/aromatic N) is 1. The van der Waals surface area contributed by atoms with Gasteiger partial charge in [-0.25, -0.2) is 0 Å². The molecule has 3 aliphatic rings. The third-order valence-corrected chi connectivity index (χ3v) is 4.92. The van der Waals surface area contributed by atoms with Crippen molar-refractivity contribution in [3.63, 3.8) is 0 Å². The lowest BCUT2D eigenvalue weighted by molar-refractivity contribution is -0.131. The molecule has 3 heterocycles. The minimum Gasteiger partial charge on any atom is -0.494 e. The highest BCUT2D eigenvalue weighted by molar-refractivity contribution is 5.31. The van der Waals surface area contributed by atoms with E-state index in [0.717, 1.165) is 63.4 Å². The van der Waals surface area contributed by atoms with Gasteiger partial charge in [-0.15, -0.1) is 0 Å². The van der Waals surface area contributed by atoms with Crippen molar-refractivity contribution in [3.05, 3.63) is 24.3 Å². The number of hydrogen-bond donors (Lipinski definition) is 1. The Morgan fingerprint density at radius 2 is 1.77 bits per heavy atom. The van der Waals surface area contributed by atoms with Gasteiger partial charge in [0.05, 0.1) is 6.61 Å². The minimum atomic E-state index is -0.688. The molecule has 0 aliphatic carbocycles. The highest BCUT2D eigenvalue weighted by Crippen LogP contribution is 2.36. The summed E-state index contributed by atoms with van der Waals surface area (Å²) >= 11 is 0. The molecule has 0 saturated carbocycles. The molecule has 0 spiro atoms. The molecule has 1 aromatic carbocycles. The standard InChI is InChI=1S/C18H27NO3/c1-2-3-12-21-16-4-6-17(7-5-16)22-14-18(20)13-19-10-8-15(18)9-11-19/h4-7,15,20H,2-3,8-14H2,1H3. The summed E-state index contributed by atoms with van der Waals surface area (Å²) in [5.74, 6) is 2.06. The van der Waals surface area contributed by atoms with Crippen LogP contribution in [0.5, 0.6) is 11.5 Å². The van der Waals surface area contributed by atoms with Crippen molar-refractivity contribution in [2.75, 3.05) is 32.8 Å². The highest BCUT2D eigenvalue weighted by Gasteiger charge is 2.45. The van der Waals surface area contributed by atoms with E-state index in [1.54, 1.807) is 0 Å². The van der Waals surface area contributed by atoms with Crippen LogP contribution in [0.3, 0.4) is 0 Å². The summed E-state index contributed by atoms with van der Waals surface area (Å²) in [5, 5.41) is 10.8. The van der Waals surface area contributed by atoms with Gasteiger partial charge in [-0.1, -0.05) is 13.3 Å². The van der Waals surface area contributed by atoms with Crippen LogP contribution < -0.4 is 9.47 Å². The quantitative estimate of drug-likeness (QED) is 0.787. The van der Waals surface area contributed by atoms with E-state index in [9.17, 15) is 5.11 Å². The number of unbranched alkanes of at least 4 members (excludes halogenated alkanes) is 1. The molecule has 1 aromatic rings. The smallest absolute Gasteiger partial charge is 0.119 e. The lowest BCUT2D eigenvalue weighted by Gasteiger charge is -2.49. The van der Waals surface area contributed by atoms with E-state index >= 15 is 0 Å². The van der Waals surface area contributed by atoms with Gasteiger partial charge in [-0.2, -0.15) is 0 Å². The second-order valence-electron chi connectivity index (χ2n) is 6.62. The highest BCUT2D eigenvalue weighted by atomic mass is 16.5. The van der Waals surface area contributed by atoms with E-state index in [0.29, 0.717) is 12.5 Å². The third-order valence-electron chi connectivity index (χ3n) is 4.92. The van der Waals surface area contributed by atoms with E-state index in [-0.39, 0.29) is 0 Å². The summed E-state index contributed by atoms with van der Waals surface area (Å²) in [6.07, 6.45) is 4.38. The fraction of sp³-hybridized carbons (Fsp3) is 0.667. The average molecular weight is 305 g/mol. The summed E-state index contributed by atoms with van der Waals surface area (Å²) in [5.41, 5.74) is -0.688. The number of piperidine rings is 3. The number of fused-ring (bicyclic) bond motifs is 3. The fourth-order valence-electron chi connectivity index (χ4n) is 3.48. The molecule has 3 fully saturated rings. The molecule has 3 saturated heterocycles. The molecule has 0 radical (unpaired) electrons. The molecule has 1 N–H and O–H groups in total. The van der Waals surface area contributed by atoms with Crippen LogP contribution in [0.25, 0.3) is 0 Å². The zero-order chi connectivity index (χ0) is 15.4. The lowest BCUT2D eigenvalue weighted by atomic mass is 9.76. The Hall–Kier alpha value is -1.26. The van der Waals surface area contributed by atoms with E-state index < -0.39 is 5.60 Å². The first kappa shape index (κ1) is 15.6. The van der Waals surface area contributed by atoms with Crippen LogP contribution in [0, 0.1) is 5.92 Å². The number of rotatable bonds is 7. The Balaban J connectivity index is 1.51. The second-order valence-corrected chi connectivity index (χ2v) is 6.62. The van der Waals surface area contributed by atoms with Gasteiger partial charge in [-0.05, 0) is 62.5 Å². The predicted molar refractivity (Wildman–Crippen MR) is 86.5 cm³/mol.